The summed E-state index contributed by atoms with van der Waals surface area (Å²) in [4.78, 5) is 11.6. The topological polar surface area (TPSA) is 26.3 Å². The van der Waals surface area contributed by atoms with Gasteiger partial charge in [0.25, 0.3) is 0 Å². The van der Waals surface area contributed by atoms with Gasteiger partial charge in [-0.05, 0) is 24.6 Å². The van der Waals surface area contributed by atoms with Crippen molar-refractivity contribution in [2.24, 2.45) is 0 Å². The van der Waals surface area contributed by atoms with E-state index < -0.39 is 0 Å². The van der Waals surface area contributed by atoms with Crippen molar-refractivity contribution in [1.82, 2.24) is 0 Å². The highest BCUT2D eigenvalue weighted by atomic mass is 35.5. The van der Waals surface area contributed by atoms with E-state index in [1.165, 1.54) is 0 Å². The van der Waals surface area contributed by atoms with Crippen LogP contribution in [0.3, 0.4) is 0 Å². The molecule has 14 heavy (non-hydrogen) atoms. The first-order chi connectivity index (χ1) is 6.69. The molecule has 0 heterocycles. The largest absolute Gasteiger partial charge is 0.496 e. The molecule has 0 fully saturated rings. The summed E-state index contributed by atoms with van der Waals surface area (Å²) in [6.07, 6.45) is 1.35. The lowest BCUT2D eigenvalue weighted by Gasteiger charge is -2.06. The van der Waals surface area contributed by atoms with Gasteiger partial charge >= 0.3 is 0 Å². The summed E-state index contributed by atoms with van der Waals surface area (Å²) in [6.45, 7) is 1.97. The van der Waals surface area contributed by atoms with E-state index >= 15 is 0 Å². The number of rotatable bonds is 4. The van der Waals surface area contributed by atoms with Crippen LogP contribution >= 0.6 is 11.6 Å². The number of benzene rings is 1. The maximum absolute atomic E-state index is 11.6. The van der Waals surface area contributed by atoms with Gasteiger partial charge in [0.05, 0.1) is 12.7 Å². The van der Waals surface area contributed by atoms with Crippen molar-refractivity contribution in [1.29, 1.82) is 0 Å². The highest BCUT2D eigenvalue weighted by Crippen LogP contribution is 2.24. The summed E-state index contributed by atoms with van der Waals surface area (Å²) in [5, 5.41) is 0.560. The first-order valence-electron chi connectivity index (χ1n) is 4.55. The summed E-state index contributed by atoms with van der Waals surface area (Å²) in [5.41, 5.74) is 0.571. The Morgan fingerprint density at radius 2 is 2.21 bits per heavy atom. The van der Waals surface area contributed by atoms with Crippen LogP contribution in [0.4, 0.5) is 0 Å². The summed E-state index contributed by atoms with van der Waals surface area (Å²) in [5.74, 6) is 0.666. The number of hydrogen-bond acceptors (Lipinski definition) is 2. The fourth-order valence-electron chi connectivity index (χ4n) is 1.26. The number of carbonyl (C=O) groups is 1. The second kappa shape index (κ2) is 5.01. The molecule has 0 aliphatic heterocycles. The zero-order valence-electron chi connectivity index (χ0n) is 8.34. The van der Waals surface area contributed by atoms with Gasteiger partial charge in [-0.15, -0.1) is 0 Å². The predicted molar refractivity (Wildman–Crippen MR) is 57.2 cm³/mol. The van der Waals surface area contributed by atoms with E-state index in [1.807, 2.05) is 6.92 Å². The van der Waals surface area contributed by atoms with Crippen LogP contribution in [-0.2, 0) is 0 Å². The first-order valence-corrected chi connectivity index (χ1v) is 4.93. The van der Waals surface area contributed by atoms with Gasteiger partial charge in [-0.3, -0.25) is 4.79 Å². The fourth-order valence-corrected chi connectivity index (χ4v) is 1.43. The van der Waals surface area contributed by atoms with E-state index in [-0.39, 0.29) is 5.78 Å². The number of halogens is 1. The van der Waals surface area contributed by atoms with E-state index in [9.17, 15) is 4.79 Å². The zero-order valence-corrected chi connectivity index (χ0v) is 9.10. The van der Waals surface area contributed by atoms with Crippen molar-refractivity contribution in [2.45, 2.75) is 19.8 Å². The van der Waals surface area contributed by atoms with Crippen molar-refractivity contribution in [3.05, 3.63) is 28.8 Å². The van der Waals surface area contributed by atoms with Crippen LogP contribution in [0.15, 0.2) is 18.2 Å². The third kappa shape index (κ3) is 2.48. The number of carbonyl (C=O) groups excluding carboxylic acids is 1. The van der Waals surface area contributed by atoms with Crippen molar-refractivity contribution < 1.29 is 9.53 Å². The van der Waals surface area contributed by atoms with E-state index in [1.54, 1.807) is 25.3 Å². The molecular weight excluding hydrogens is 200 g/mol. The molecule has 1 rings (SSSR count). The van der Waals surface area contributed by atoms with E-state index in [0.29, 0.717) is 22.8 Å². The molecule has 0 saturated carbocycles. The molecule has 0 amide bonds. The molecule has 0 aliphatic carbocycles. The molecule has 0 bridgehead atoms. The summed E-state index contributed by atoms with van der Waals surface area (Å²) in [6, 6.07) is 5.08. The molecular formula is C11H13ClO2. The molecule has 3 heteroatoms. The Morgan fingerprint density at radius 1 is 1.50 bits per heavy atom. The number of ketones is 1. The average Bonchev–Trinajstić information content (AvgIpc) is 2.18. The molecule has 1 aromatic carbocycles. The lowest BCUT2D eigenvalue weighted by molar-refractivity contribution is 0.0979. The van der Waals surface area contributed by atoms with Gasteiger partial charge in [0.2, 0.25) is 0 Å². The van der Waals surface area contributed by atoms with E-state index in [2.05, 4.69) is 0 Å². The third-order valence-corrected chi connectivity index (χ3v) is 2.17. The summed E-state index contributed by atoms with van der Waals surface area (Å²) >= 11 is 5.81. The molecule has 0 spiro atoms. The highest BCUT2D eigenvalue weighted by Gasteiger charge is 2.11. The summed E-state index contributed by atoms with van der Waals surface area (Å²) < 4.78 is 5.09. The summed E-state index contributed by atoms with van der Waals surface area (Å²) in [7, 11) is 1.55. The van der Waals surface area contributed by atoms with Crippen LogP contribution in [0, 0.1) is 0 Å². The normalized spacial score (nSPS) is 9.93. The molecule has 0 N–H and O–H groups in total. The second-order valence-corrected chi connectivity index (χ2v) is 3.45. The minimum Gasteiger partial charge on any atom is -0.496 e. The van der Waals surface area contributed by atoms with Crippen LogP contribution < -0.4 is 4.74 Å². The van der Waals surface area contributed by atoms with Crippen LogP contribution in [-0.4, -0.2) is 12.9 Å². The number of methoxy groups -OCH3 is 1. The maximum atomic E-state index is 11.6. The van der Waals surface area contributed by atoms with Crippen molar-refractivity contribution in [2.75, 3.05) is 7.11 Å². The lowest BCUT2D eigenvalue weighted by Crippen LogP contribution is -2.01. The predicted octanol–water partition coefficient (Wildman–Crippen LogP) is 3.33. The smallest absolute Gasteiger partial charge is 0.166 e. The van der Waals surface area contributed by atoms with Gasteiger partial charge in [0.15, 0.2) is 5.78 Å². The van der Waals surface area contributed by atoms with Gasteiger partial charge in [-0.25, -0.2) is 0 Å². The average molecular weight is 213 g/mol. The van der Waals surface area contributed by atoms with Crippen LogP contribution in [0.5, 0.6) is 5.75 Å². The zero-order chi connectivity index (χ0) is 10.6. The standard InChI is InChI=1S/C11H13ClO2/c1-3-4-10(13)9-7-8(12)5-6-11(9)14-2/h5-7H,3-4H2,1-2H3. The lowest BCUT2D eigenvalue weighted by atomic mass is 10.1. The molecule has 0 aromatic heterocycles. The maximum Gasteiger partial charge on any atom is 0.166 e. The monoisotopic (exact) mass is 212 g/mol. The Labute approximate surface area is 88.8 Å². The second-order valence-electron chi connectivity index (χ2n) is 3.02. The quantitative estimate of drug-likeness (QED) is 0.716. The minimum absolute atomic E-state index is 0.0758. The van der Waals surface area contributed by atoms with Crippen molar-refractivity contribution >= 4 is 17.4 Å². The number of Topliss-reactive ketones (excluding diaryl/α,β-unsaturated/α-hetero) is 1. The molecule has 0 saturated heterocycles. The van der Waals surface area contributed by atoms with Crippen molar-refractivity contribution in [3.8, 4) is 5.75 Å². The van der Waals surface area contributed by atoms with Crippen LogP contribution in [0.2, 0.25) is 5.02 Å². The van der Waals surface area contributed by atoms with E-state index in [0.717, 1.165) is 6.42 Å². The molecule has 76 valence electrons. The Hall–Kier alpha value is -1.02. The fraction of sp³-hybridized carbons (Fsp3) is 0.364. The van der Waals surface area contributed by atoms with Gasteiger partial charge in [0.1, 0.15) is 5.75 Å². The molecule has 0 unspecified atom stereocenters. The van der Waals surface area contributed by atoms with Crippen LogP contribution in [0.25, 0.3) is 0 Å². The third-order valence-electron chi connectivity index (χ3n) is 1.94. The Kier molecular flexibility index (Phi) is 3.96. The molecule has 0 radical (unpaired) electrons. The Bertz CT molecular complexity index is 334. The Balaban J connectivity index is 3.03. The molecule has 0 aliphatic rings. The number of hydrogen-bond donors (Lipinski definition) is 0. The van der Waals surface area contributed by atoms with Gasteiger partial charge < -0.3 is 4.74 Å². The molecule has 2 nitrogen and oxygen atoms in total. The highest BCUT2D eigenvalue weighted by molar-refractivity contribution is 6.31. The molecule has 1 aromatic rings. The SMILES string of the molecule is CCCC(=O)c1cc(Cl)ccc1OC. The van der Waals surface area contributed by atoms with Gasteiger partial charge in [-0.1, -0.05) is 18.5 Å². The van der Waals surface area contributed by atoms with Crippen LogP contribution in [0.1, 0.15) is 30.1 Å². The van der Waals surface area contributed by atoms with Crippen molar-refractivity contribution in [3.63, 3.8) is 0 Å². The van der Waals surface area contributed by atoms with E-state index in [4.69, 9.17) is 16.3 Å². The molecule has 0 atom stereocenters. The first kappa shape index (κ1) is 11.1. The van der Waals surface area contributed by atoms with Gasteiger partial charge in [-0.2, -0.15) is 0 Å². The Morgan fingerprint density at radius 3 is 2.79 bits per heavy atom. The number of ether oxygens (including phenoxy) is 1. The minimum atomic E-state index is 0.0758. The van der Waals surface area contributed by atoms with Gasteiger partial charge in [0, 0.05) is 11.4 Å².